The lowest BCUT2D eigenvalue weighted by molar-refractivity contribution is -0.145. The standard InChI is InChI=1S/C13H28N2O2/c1-6-9-14-12(13(16)17-7-2)8-10-15(5)11(3)4/h11-12,14H,6-10H2,1-5H3. The first-order valence-corrected chi connectivity index (χ1v) is 6.63. The van der Waals surface area contributed by atoms with E-state index in [-0.39, 0.29) is 12.0 Å². The fourth-order valence-corrected chi connectivity index (χ4v) is 1.46. The van der Waals surface area contributed by atoms with Crippen LogP contribution >= 0.6 is 0 Å². The summed E-state index contributed by atoms with van der Waals surface area (Å²) in [6.45, 7) is 10.4. The van der Waals surface area contributed by atoms with Crippen LogP contribution in [0.25, 0.3) is 0 Å². The molecule has 0 aliphatic carbocycles. The van der Waals surface area contributed by atoms with Crippen molar-refractivity contribution in [3.63, 3.8) is 0 Å². The number of hydrogen-bond acceptors (Lipinski definition) is 4. The van der Waals surface area contributed by atoms with Gasteiger partial charge in [-0.1, -0.05) is 6.92 Å². The summed E-state index contributed by atoms with van der Waals surface area (Å²) in [4.78, 5) is 14.0. The van der Waals surface area contributed by atoms with Crippen LogP contribution in [-0.2, 0) is 9.53 Å². The molecule has 0 saturated carbocycles. The maximum Gasteiger partial charge on any atom is 0.323 e. The molecule has 1 atom stereocenters. The van der Waals surface area contributed by atoms with E-state index in [4.69, 9.17) is 4.74 Å². The zero-order chi connectivity index (χ0) is 13.3. The van der Waals surface area contributed by atoms with Gasteiger partial charge in [-0.25, -0.2) is 0 Å². The molecule has 0 aliphatic rings. The number of nitrogens with one attached hydrogen (secondary N) is 1. The monoisotopic (exact) mass is 244 g/mol. The fraction of sp³-hybridized carbons (Fsp3) is 0.923. The van der Waals surface area contributed by atoms with Gasteiger partial charge in [0.15, 0.2) is 0 Å². The van der Waals surface area contributed by atoms with Gasteiger partial charge < -0.3 is 15.0 Å². The quantitative estimate of drug-likeness (QED) is 0.626. The second-order valence-corrected chi connectivity index (χ2v) is 4.62. The predicted octanol–water partition coefficient (Wildman–Crippen LogP) is 1.65. The van der Waals surface area contributed by atoms with Crippen molar-refractivity contribution in [3.8, 4) is 0 Å². The molecule has 0 aliphatic heterocycles. The van der Waals surface area contributed by atoms with Gasteiger partial charge in [0.05, 0.1) is 6.61 Å². The van der Waals surface area contributed by atoms with Crippen molar-refractivity contribution in [2.45, 2.75) is 52.6 Å². The Balaban J connectivity index is 4.13. The molecule has 4 heteroatoms. The number of hydrogen-bond donors (Lipinski definition) is 1. The average molecular weight is 244 g/mol. The first kappa shape index (κ1) is 16.4. The van der Waals surface area contributed by atoms with Crippen molar-refractivity contribution in [2.75, 3.05) is 26.7 Å². The van der Waals surface area contributed by atoms with Crippen LogP contribution in [0.2, 0.25) is 0 Å². The van der Waals surface area contributed by atoms with E-state index < -0.39 is 0 Å². The Morgan fingerprint density at radius 1 is 1.35 bits per heavy atom. The molecule has 0 bridgehead atoms. The van der Waals surface area contributed by atoms with E-state index in [1.54, 1.807) is 0 Å². The number of carbonyl (C=O) groups is 1. The third-order valence-electron chi connectivity index (χ3n) is 2.86. The van der Waals surface area contributed by atoms with Gasteiger partial charge >= 0.3 is 5.97 Å². The first-order chi connectivity index (χ1) is 8.02. The number of nitrogens with zero attached hydrogens (tertiary/aromatic N) is 1. The maximum atomic E-state index is 11.7. The van der Waals surface area contributed by atoms with Crippen molar-refractivity contribution >= 4 is 5.97 Å². The molecule has 0 spiro atoms. The van der Waals surface area contributed by atoms with E-state index in [1.807, 2.05) is 6.92 Å². The molecule has 0 heterocycles. The Bertz CT molecular complexity index is 208. The molecule has 0 aromatic rings. The van der Waals surface area contributed by atoms with Crippen molar-refractivity contribution in [2.24, 2.45) is 0 Å². The second kappa shape index (κ2) is 9.42. The summed E-state index contributed by atoms with van der Waals surface area (Å²) in [6.07, 6.45) is 1.82. The lowest BCUT2D eigenvalue weighted by atomic mass is 10.2. The lowest BCUT2D eigenvalue weighted by Crippen LogP contribution is -2.41. The molecule has 0 aromatic heterocycles. The van der Waals surface area contributed by atoms with E-state index in [1.165, 1.54) is 0 Å². The van der Waals surface area contributed by atoms with Gasteiger partial charge in [-0.2, -0.15) is 0 Å². The molecule has 0 radical (unpaired) electrons. The fourth-order valence-electron chi connectivity index (χ4n) is 1.46. The van der Waals surface area contributed by atoms with Gasteiger partial charge in [-0.05, 0) is 47.2 Å². The second-order valence-electron chi connectivity index (χ2n) is 4.62. The van der Waals surface area contributed by atoms with Crippen LogP contribution in [0.4, 0.5) is 0 Å². The Morgan fingerprint density at radius 2 is 2.00 bits per heavy atom. The van der Waals surface area contributed by atoms with Crippen molar-refractivity contribution in [1.29, 1.82) is 0 Å². The molecule has 0 rings (SSSR count). The molecule has 0 saturated heterocycles. The molecule has 0 fully saturated rings. The van der Waals surface area contributed by atoms with Crippen LogP contribution in [0.5, 0.6) is 0 Å². The Morgan fingerprint density at radius 3 is 2.47 bits per heavy atom. The summed E-state index contributed by atoms with van der Waals surface area (Å²) in [5.74, 6) is -0.127. The summed E-state index contributed by atoms with van der Waals surface area (Å²) in [7, 11) is 2.08. The highest BCUT2D eigenvalue weighted by atomic mass is 16.5. The van der Waals surface area contributed by atoms with Gasteiger partial charge in [0.1, 0.15) is 6.04 Å². The maximum absolute atomic E-state index is 11.7. The normalized spacial score (nSPS) is 13.1. The molecule has 1 N–H and O–H groups in total. The van der Waals surface area contributed by atoms with E-state index in [2.05, 4.69) is 38.0 Å². The summed E-state index contributed by atoms with van der Waals surface area (Å²) >= 11 is 0. The highest BCUT2D eigenvalue weighted by Crippen LogP contribution is 2.01. The van der Waals surface area contributed by atoms with Gasteiger partial charge in [-0.3, -0.25) is 4.79 Å². The van der Waals surface area contributed by atoms with Crippen LogP contribution in [0.1, 0.15) is 40.5 Å². The van der Waals surface area contributed by atoms with Gasteiger partial charge in [0.25, 0.3) is 0 Å². The predicted molar refractivity (Wildman–Crippen MR) is 71.1 cm³/mol. The van der Waals surface area contributed by atoms with Gasteiger partial charge in [0, 0.05) is 12.6 Å². The van der Waals surface area contributed by atoms with Gasteiger partial charge in [0.2, 0.25) is 0 Å². The summed E-state index contributed by atoms with van der Waals surface area (Å²) < 4.78 is 5.07. The van der Waals surface area contributed by atoms with E-state index >= 15 is 0 Å². The molecule has 102 valence electrons. The average Bonchev–Trinajstić information content (AvgIpc) is 2.28. The topological polar surface area (TPSA) is 41.6 Å². The number of esters is 1. The van der Waals surface area contributed by atoms with Crippen LogP contribution < -0.4 is 5.32 Å². The van der Waals surface area contributed by atoms with Gasteiger partial charge in [-0.15, -0.1) is 0 Å². The number of ether oxygens (including phenoxy) is 1. The molecule has 1 unspecified atom stereocenters. The SMILES string of the molecule is CCCNC(CCN(C)C(C)C)C(=O)OCC. The van der Waals surface area contributed by atoms with Crippen LogP contribution in [-0.4, -0.2) is 49.7 Å². The highest BCUT2D eigenvalue weighted by molar-refractivity contribution is 5.75. The Kier molecular flexibility index (Phi) is 9.09. The number of carbonyl (C=O) groups excluding carboxylic acids is 1. The van der Waals surface area contributed by atoms with Crippen LogP contribution in [0.15, 0.2) is 0 Å². The van der Waals surface area contributed by atoms with E-state index in [0.29, 0.717) is 12.6 Å². The van der Waals surface area contributed by atoms with Crippen molar-refractivity contribution in [3.05, 3.63) is 0 Å². The van der Waals surface area contributed by atoms with E-state index in [9.17, 15) is 4.79 Å². The minimum atomic E-state index is -0.170. The number of rotatable bonds is 9. The van der Waals surface area contributed by atoms with Crippen molar-refractivity contribution < 1.29 is 9.53 Å². The highest BCUT2D eigenvalue weighted by Gasteiger charge is 2.19. The Hall–Kier alpha value is -0.610. The first-order valence-electron chi connectivity index (χ1n) is 6.63. The molecule has 0 amide bonds. The zero-order valence-corrected chi connectivity index (χ0v) is 12.0. The van der Waals surface area contributed by atoms with Crippen LogP contribution in [0, 0.1) is 0 Å². The van der Waals surface area contributed by atoms with E-state index in [0.717, 1.165) is 25.9 Å². The zero-order valence-electron chi connectivity index (χ0n) is 12.0. The summed E-state index contributed by atoms with van der Waals surface area (Å²) in [6, 6.07) is 0.333. The molecular formula is C13H28N2O2. The minimum Gasteiger partial charge on any atom is -0.465 e. The van der Waals surface area contributed by atoms with Crippen LogP contribution in [0.3, 0.4) is 0 Å². The summed E-state index contributed by atoms with van der Waals surface area (Å²) in [5, 5.41) is 3.25. The minimum absolute atomic E-state index is 0.127. The molecular weight excluding hydrogens is 216 g/mol. The molecule has 17 heavy (non-hydrogen) atoms. The largest absolute Gasteiger partial charge is 0.465 e. The third kappa shape index (κ3) is 7.34. The molecule has 0 aromatic carbocycles. The smallest absolute Gasteiger partial charge is 0.323 e. The lowest BCUT2D eigenvalue weighted by Gasteiger charge is -2.24. The summed E-state index contributed by atoms with van der Waals surface area (Å²) in [5.41, 5.74) is 0. The third-order valence-corrected chi connectivity index (χ3v) is 2.86. The van der Waals surface area contributed by atoms with Crippen molar-refractivity contribution in [1.82, 2.24) is 10.2 Å². The molecule has 4 nitrogen and oxygen atoms in total. The Labute approximate surface area is 106 Å².